The minimum absolute atomic E-state index is 0.241. The molecule has 0 spiro atoms. The van der Waals surface area contributed by atoms with Gasteiger partial charge in [0.2, 0.25) is 6.08 Å². The molecule has 0 aromatic rings. The van der Waals surface area contributed by atoms with Crippen LogP contribution < -0.4 is 0 Å². The highest BCUT2D eigenvalue weighted by molar-refractivity contribution is 5.33. The first-order valence-corrected chi connectivity index (χ1v) is 5.91. The van der Waals surface area contributed by atoms with Crippen molar-refractivity contribution in [3.05, 3.63) is 0 Å². The van der Waals surface area contributed by atoms with Crippen molar-refractivity contribution in [3.8, 4) is 0 Å². The van der Waals surface area contributed by atoms with Gasteiger partial charge in [-0.15, -0.1) is 0 Å². The summed E-state index contributed by atoms with van der Waals surface area (Å²) >= 11 is 0. The van der Waals surface area contributed by atoms with Gasteiger partial charge in [-0.2, -0.15) is 0 Å². The molecular weight excluding hydrogens is 174 g/mol. The number of rotatable bonds is 1. The van der Waals surface area contributed by atoms with Crippen molar-refractivity contribution < 1.29 is 4.79 Å². The Kier molecular flexibility index (Phi) is 5.55. The van der Waals surface area contributed by atoms with Gasteiger partial charge in [0.25, 0.3) is 0 Å². The topological polar surface area (TPSA) is 29.4 Å². The molecule has 0 aromatic carbocycles. The molecule has 2 atom stereocenters. The van der Waals surface area contributed by atoms with E-state index in [2.05, 4.69) is 11.9 Å². The first-order chi connectivity index (χ1) is 6.84. The molecule has 1 rings (SSSR count). The number of aliphatic imine (C=N–C) groups is 1. The van der Waals surface area contributed by atoms with Crippen LogP contribution in [0.5, 0.6) is 0 Å². The summed E-state index contributed by atoms with van der Waals surface area (Å²) in [5.41, 5.74) is 0. The summed E-state index contributed by atoms with van der Waals surface area (Å²) in [5, 5.41) is 0. The summed E-state index contributed by atoms with van der Waals surface area (Å²) in [6.45, 7) is 2.22. The monoisotopic (exact) mass is 195 g/mol. The average Bonchev–Trinajstić information content (AvgIpc) is 2.20. The van der Waals surface area contributed by atoms with Crippen molar-refractivity contribution >= 4 is 6.08 Å². The lowest BCUT2D eigenvalue weighted by Crippen LogP contribution is -2.16. The number of hydrogen-bond donors (Lipinski definition) is 0. The fourth-order valence-corrected chi connectivity index (χ4v) is 2.26. The number of isocyanates is 1. The second-order valence-electron chi connectivity index (χ2n) is 4.46. The van der Waals surface area contributed by atoms with Crippen LogP contribution in [0.1, 0.15) is 58.3 Å². The molecule has 2 unspecified atom stereocenters. The molecule has 0 bridgehead atoms. The van der Waals surface area contributed by atoms with Gasteiger partial charge in [0.05, 0.1) is 6.04 Å². The molecule has 80 valence electrons. The van der Waals surface area contributed by atoms with E-state index in [0.717, 1.165) is 6.42 Å². The smallest absolute Gasteiger partial charge is 0.211 e. The summed E-state index contributed by atoms with van der Waals surface area (Å²) in [6.07, 6.45) is 11.9. The molecule has 1 aliphatic rings. The molecule has 0 aromatic heterocycles. The molecule has 0 aliphatic heterocycles. The van der Waals surface area contributed by atoms with Crippen LogP contribution in [0.2, 0.25) is 0 Å². The van der Waals surface area contributed by atoms with Crippen LogP contribution in [-0.2, 0) is 4.79 Å². The van der Waals surface area contributed by atoms with Gasteiger partial charge in [-0.1, -0.05) is 45.4 Å². The quantitative estimate of drug-likeness (QED) is 0.465. The Hall–Kier alpha value is -0.620. The van der Waals surface area contributed by atoms with Crippen LogP contribution in [0.15, 0.2) is 4.99 Å². The molecule has 1 saturated carbocycles. The Bertz CT molecular complexity index is 196. The zero-order valence-electron chi connectivity index (χ0n) is 9.17. The third-order valence-corrected chi connectivity index (χ3v) is 3.28. The molecule has 2 nitrogen and oxygen atoms in total. The summed E-state index contributed by atoms with van der Waals surface area (Å²) in [4.78, 5) is 14.2. The average molecular weight is 195 g/mol. The SMILES string of the molecule is CC1CCCCCCCCC1N=C=O. The van der Waals surface area contributed by atoms with Crippen molar-refractivity contribution in [1.29, 1.82) is 0 Å². The van der Waals surface area contributed by atoms with Crippen LogP contribution in [0, 0.1) is 5.92 Å². The maximum Gasteiger partial charge on any atom is 0.235 e. The highest BCUT2D eigenvalue weighted by Crippen LogP contribution is 2.23. The van der Waals surface area contributed by atoms with Gasteiger partial charge >= 0.3 is 0 Å². The highest BCUT2D eigenvalue weighted by atomic mass is 16.1. The number of carbonyl (C=O) groups excluding carboxylic acids is 1. The third kappa shape index (κ3) is 4.06. The minimum atomic E-state index is 0.241. The van der Waals surface area contributed by atoms with Gasteiger partial charge in [-0.25, -0.2) is 9.79 Å². The van der Waals surface area contributed by atoms with E-state index in [9.17, 15) is 4.79 Å². The molecule has 0 radical (unpaired) electrons. The maximum absolute atomic E-state index is 10.3. The van der Waals surface area contributed by atoms with Gasteiger partial charge < -0.3 is 0 Å². The third-order valence-electron chi connectivity index (χ3n) is 3.28. The largest absolute Gasteiger partial charge is 0.235 e. The lowest BCUT2D eigenvalue weighted by molar-refractivity contribution is 0.364. The van der Waals surface area contributed by atoms with Crippen LogP contribution in [0.3, 0.4) is 0 Å². The highest BCUT2D eigenvalue weighted by Gasteiger charge is 2.16. The van der Waals surface area contributed by atoms with Crippen molar-refractivity contribution in [1.82, 2.24) is 0 Å². The lowest BCUT2D eigenvalue weighted by Gasteiger charge is -2.20. The summed E-state index contributed by atoms with van der Waals surface area (Å²) in [7, 11) is 0. The molecule has 2 heteroatoms. The van der Waals surface area contributed by atoms with Gasteiger partial charge in [0.1, 0.15) is 0 Å². The molecular formula is C12H21NO. The Labute approximate surface area is 86.8 Å². The van der Waals surface area contributed by atoms with E-state index in [-0.39, 0.29) is 6.04 Å². The Balaban J connectivity index is 2.45. The van der Waals surface area contributed by atoms with E-state index >= 15 is 0 Å². The minimum Gasteiger partial charge on any atom is -0.211 e. The fourth-order valence-electron chi connectivity index (χ4n) is 2.26. The molecule has 14 heavy (non-hydrogen) atoms. The van der Waals surface area contributed by atoms with E-state index in [1.54, 1.807) is 6.08 Å². The zero-order chi connectivity index (χ0) is 10.2. The van der Waals surface area contributed by atoms with Crippen LogP contribution in [0.25, 0.3) is 0 Å². The molecule has 1 aliphatic carbocycles. The van der Waals surface area contributed by atoms with Crippen LogP contribution >= 0.6 is 0 Å². The number of hydrogen-bond acceptors (Lipinski definition) is 2. The molecule has 0 heterocycles. The van der Waals surface area contributed by atoms with Crippen molar-refractivity contribution in [3.63, 3.8) is 0 Å². The second kappa shape index (κ2) is 6.78. The fraction of sp³-hybridized carbons (Fsp3) is 0.917. The Morgan fingerprint density at radius 1 is 1.00 bits per heavy atom. The van der Waals surface area contributed by atoms with Crippen molar-refractivity contribution in [2.45, 2.75) is 64.3 Å². The van der Waals surface area contributed by atoms with E-state index in [0.29, 0.717) is 5.92 Å². The summed E-state index contributed by atoms with van der Waals surface area (Å²) < 4.78 is 0. The maximum atomic E-state index is 10.3. The Morgan fingerprint density at radius 2 is 1.57 bits per heavy atom. The first kappa shape index (κ1) is 11.5. The normalized spacial score (nSPS) is 30.4. The Morgan fingerprint density at radius 3 is 2.21 bits per heavy atom. The standard InChI is InChI=1S/C12H21NO/c1-11-8-6-4-2-3-5-7-9-12(11)13-10-14/h11-12H,2-9H2,1H3. The van der Waals surface area contributed by atoms with Gasteiger partial charge in [0.15, 0.2) is 0 Å². The zero-order valence-corrected chi connectivity index (χ0v) is 9.17. The first-order valence-electron chi connectivity index (χ1n) is 5.91. The second-order valence-corrected chi connectivity index (χ2v) is 4.46. The predicted octanol–water partition coefficient (Wildman–Crippen LogP) is 3.46. The molecule has 0 N–H and O–H groups in total. The summed E-state index contributed by atoms with van der Waals surface area (Å²) in [5.74, 6) is 0.564. The van der Waals surface area contributed by atoms with Crippen LogP contribution in [-0.4, -0.2) is 12.1 Å². The van der Waals surface area contributed by atoms with E-state index in [1.165, 1.54) is 44.9 Å². The van der Waals surface area contributed by atoms with Crippen LogP contribution in [0.4, 0.5) is 0 Å². The lowest BCUT2D eigenvalue weighted by atomic mass is 9.90. The van der Waals surface area contributed by atoms with Crippen molar-refractivity contribution in [2.24, 2.45) is 10.9 Å². The van der Waals surface area contributed by atoms with E-state index in [4.69, 9.17) is 0 Å². The number of nitrogens with zero attached hydrogens (tertiary/aromatic N) is 1. The van der Waals surface area contributed by atoms with E-state index < -0.39 is 0 Å². The molecule has 0 saturated heterocycles. The predicted molar refractivity (Wildman–Crippen MR) is 58.0 cm³/mol. The summed E-state index contributed by atoms with van der Waals surface area (Å²) in [6, 6.07) is 0.241. The molecule has 1 fully saturated rings. The molecule has 0 amide bonds. The van der Waals surface area contributed by atoms with Gasteiger partial charge in [-0.3, -0.25) is 0 Å². The van der Waals surface area contributed by atoms with Gasteiger partial charge in [0, 0.05) is 0 Å². The van der Waals surface area contributed by atoms with E-state index in [1.807, 2.05) is 0 Å². The van der Waals surface area contributed by atoms with Gasteiger partial charge in [-0.05, 0) is 18.8 Å². The van der Waals surface area contributed by atoms with Crippen molar-refractivity contribution in [2.75, 3.05) is 0 Å².